The number of allylic oxidation sites excluding steroid dienone is 1. The number of nitrogens with two attached hydrogens (primary N) is 1. The van der Waals surface area contributed by atoms with Crippen molar-refractivity contribution in [3.63, 3.8) is 0 Å². The van der Waals surface area contributed by atoms with E-state index in [1.165, 1.54) is 0 Å². The Morgan fingerprint density at radius 2 is 2.05 bits per heavy atom. The number of aryl methyl sites for hydroxylation is 2. The highest BCUT2D eigenvalue weighted by atomic mass is 32.1. The number of fused-ring (bicyclic) bond motifs is 2. The molecule has 1 aliphatic heterocycles. The molecule has 3 aliphatic rings. The van der Waals surface area contributed by atoms with Crippen molar-refractivity contribution in [1.82, 2.24) is 24.6 Å². The smallest absolute Gasteiger partial charge is 0.217 e. The van der Waals surface area contributed by atoms with Gasteiger partial charge in [0.2, 0.25) is 5.88 Å². The van der Waals surface area contributed by atoms with E-state index in [0.29, 0.717) is 53.2 Å². The number of likely N-dealkylation sites (N-methyl/N-ethyl adjacent to an activating group) is 1. The van der Waals surface area contributed by atoms with E-state index < -0.39 is 5.41 Å². The molecule has 6 rings (SSSR count). The zero-order chi connectivity index (χ0) is 27.1. The van der Waals surface area contributed by atoms with Crippen LogP contribution in [0.25, 0.3) is 17.1 Å². The number of aromatic nitrogens is 4. The normalized spacial score (nSPS) is 24.5. The maximum absolute atomic E-state index is 14.3. The zero-order valence-electron chi connectivity index (χ0n) is 22.4. The van der Waals surface area contributed by atoms with E-state index in [4.69, 9.17) is 20.4 Å². The maximum atomic E-state index is 14.3. The van der Waals surface area contributed by atoms with Gasteiger partial charge in [0, 0.05) is 41.2 Å². The number of hydrogen-bond acceptors (Lipinski definition) is 9. The van der Waals surface area contributed by atoms with Crippen LogP contribution in [0.15, 0.2) is 29.3 Å². The van der Waals surface area contributed by atoms with Gasteiger partial charge >= 0.3 is 0 Å². The molecule has 0 radical (unpaired) electrons. The SMILES string of the molecule is CN1CCC[C@H]1COc1cc(-c2ccn(C)n2)nc(/C(N)=C2\CCC[C@@]3(CCCc4scc(C#N)c43)C2=O)n1. The molecule has 2 N–H and O–H groups in total. The summed E-state index contributed by atoms with van der Waals surface area (Å²) in [5.41, 5.74) is 9.76. The Kier molecular flexibility index (Phi) is 6.73. The predicted octanol–water partition coefficient (Wildman–Crippen LogP) is 3.98. The van der Waals surface area contributed by atoms with Gasteiger partial charge in [-0.15, -0.1) is 11.3 Å². The number of ketones is 1. The fraction of sp³-hybridized carbons (Fsp3) is 0.483. The summed E-state index contributed by atoms with van der Waals surface area (Å²) in [6.45, 7) is 1.58. The summed E-state index contributed by atoms with van der Waals surface area (Å²) >= 11 is 1.60. The van der Waals surface area contributed by atoms with Crippen molar-refractivity contribution in [3.8, 4) is 23.3 Å². The van der Waals surface area contributed by atoms with Crippen LogP contribution in [0.1, 0.15) is 66.8 Å². The predicted molar refractivity (Wildman–Crippen MR) is 149 cm³/mol. The average Bonchev–Trinajstić information content (AvgIpc) is 3.68. The Hall–Kier alpha value is -3.55. The van der Waals surface area contributed by atoms with Crippen molar-refractivity contribution in [2.45, 2.75) is 62.8 Å². The number of carbonyl (C=O) groups excluding carboxylic acids is 1. The molecule has 1 spiro atoms. The van der Waals surface area contributed by atoms with E-state index in [1.54, 1.807) is 22.1 Å². The van der Waals surface area contributed by atoms with Crippen LogP contribution >= 0.6 is 11.3 Å². The van der Waals surface area contributed by atoms with Gasteiger partial charge in [-0.2, -0.15) is 15.3 Å². The van der Waals surface area contributed by atoms with E-state index in [0.717, 1.165) is 61.9 Å². The Labute approximate surface area is 232 Å². The molecule has 39 heavy (non-hydrogen) atoms. The first-order chi connectivity index (χ1) is 18.9. The van der Waals surface area contributed by atoms with Gasteiger partial charge in [0.25, 0.3) is 0 Å². The molecule has 202 valence electrons. The van der Waals surface area contributed by atoms with Crippen molar-refractivity contribution < 1.29 is 9.53 Å². The molecule has 1 saturated carbocycles. The van der Waals surface area contributed by atoms with Crippen molar-refractivity contribution in [2.75, 3.05) is 20.2 Å². The highest BCUT2D eigenvalue weighted by Gasteiger charge is 2.49. The summed E-state index contributed by atoms with van der Waals surface area (Å²) in [7, 11) is 3.97. The fourth-order valence-electron chi connectivity index (χ4n) is 6.49. The standard InChI is InChI=1S/C29H33N7O2S/c1-35-12-5-6-19(35)16-38-24-14-22(21-9-13-36(2)34-21)32-28(33-24)26(31)20-7-3-10-29(27(20)37)11-4-8-23-25(29)18(15-30)17-39-23/h9,13-14,17,19H,3-8,10-12,16,31H2,1-2H3/b26-20-/t19-,29-/m0/s1. The molecule has 4 heterocycles. The highest BCUT2D eigenvalue weighted by Crippen LogP contribution is 2.50. The van der Waals surface area contributed by atoms with E-state index in [9.17, 15) is 10.1 Å². The quantitative estimate of drug-likeness (QED) is 0.480. The van der Waals surface area contributed by atoms with E-state index >= 15 is 0 Å². The third-order valence-electron chi connectivity index (χ3n) is 8.55. The minimum Gasteiger partial charge on any atom is -0.476 e. The van der Waals surface area contributed by atoms with Crippen molar-refractivity contribution in [1.29, 1.82) is 5.26 Å². The Balaban J connectivity index is 1.40. The van der Waals surface area contributed by atoms with Crippen molar-refractivity contribution in [3.05, 3.63) is 51.1 Å². The first-order valence-corrected chi connectivity index (χ1v) is 14.5. The van der Waals surface area contributed by atoms with Gasteiger partial charge in [0.1, 0.15) is 18.4 Å². The van der Waals surface area contributed by atoms with Crippen molar-refractivity contribution in [2.24, 2.45) is 12.8 Å². The maximum Gasteiger partial charge on any atom is 0.217 e. The van der Waals surface area contributed by atoms with Crippen LogP contribution in [0.4, 0.5) is 0 Å². The zero-order valence-corrected chi connectivity index (χ0v) is 23.3. The summed E-state index contributed by atoms with van der Waals surface area (Å²) in [4.78, 5) is 27.2. The molecule has 9 nitrogen and oxygen atoms in total. The number of nitriles is 1. The lowest BCUT2D eigenvalue weighted by Gasteiger charge is -2.40. The summed E-state index contributed by atoms with van der Waals surface area (Å²) < 4.78 is 7.90. The van der Waals surface area contributed by atoms with Crippen LogP contribution < -0.4 is 10.5 Å². The summed E-state index contributed by atoms with van der Waals surface area (Å²) in [6.07, 6.45) is 8.79. The van der Waals surface area contributed by atoms with Crippen LogP contribution in [0.2, 0.25) is 0 Å². The molecule has 3 aromatic rings. The van der Waals surface area contributed by atoms with Crippen LogP contribution in [0, 0.1) is 11.3 Å². The molecule has 0 bridgehead atoms. The highest BCUT2D eigenvalue weighted by molar-refractivity contribution is 7.10. The van der Waals surface area contributed by atoms with Crippen LogP contribution in [0.5, 0.6) is 5.88 Å². The Bertz CT molecular complexity index is 1500. The lowest BCUT2D eigenvalue weighted by Crippen LogP contribution is -2.43. The second-order valence-electron chi connectivity index (χ2n) is 10.9. The Morgan fingerprint density at radius 1 is 1.23 bits per heavy atom. The first kappa shape index (κ1) is 25.7. The van der Waals surface area contributed by atoms with Gasteiger partial charge < -0.3 is 15.4 Å². The molecule has 0 amide bonds. The lowest BCUT2D eigenvalue weighted by atomic mass is 9.61. The molecular weight excluding hydrogens is 510 g/mol. The van der Waals surface area contributed by atoms with Crippen LogP contribution in [-0.4, -0.2) is 56.7 Å². The molecule has 1 saturated heterocycles. The fourth-order valence-corrected chi connectivity index (χ4v) is 7.61. The number of nitrogens with zero attached hydrogens (tertiary/aromatic N) is 6. The Morgan fingerprint density at radius 3 is 2.77 bits per heavy atom. The third kappa shape index (κ3) is 4.53. The van der Waals surface area contributed by atoms with Gasteiger partial charge in [0.15, 0.2) is 11.6 Å². The second-order valence-corrected chi connectivity index (χ2v) is 11.9. The molecule has 2 fully saturated rings. The molecular formula is C29H33N7O2S. The minimum atomic E-state index is -0.693. The molecule has 2 atom stereocenters. The molecule has 10 heteroatoms. The van der Waals surface area contributed by atoms with Gasteiger partial charge in [0.05, 0.1) is 22.4 Å². The molecule has 2 aliphatic carbocycles. The number of hydrogen-bond donors (Lipinski definition) is 1. The number of carbonyl (C=O) groups is 1. The van der Waals surface area contributed by atoms with E-state index in [2.05, 4.69) is 23.1 Å². The monoisotopic (exact) mass is 543 g/mol. The minimum absolute atomic E-state index is 0.0176. The summed E-state index contributed by atoms with van der Waals surface area (Å²) in [5.74, 6) is 0.728. The summed E-state index contributed by atoms with van der Waals surface area (Å²) in [5, 5.41) is 16.2. The van der Waals surface area contributed by atoms with Crippen LogP contribution in [-0.2, 0) is 23.7 Å². The van der Waals surface area contributed by atoms with Crippen molar-refractivity contribution >= 4 is 22.8 Å². The topological polar surface area (TPSA) is 123 Å². The van der Waals surface area contributed by atoms with E-state index in [-0.39, 0.29) is 11.6 Å². The second kappa shape index (κ2) is 10.2. The average molecular weight is 544 g/mol. The van der Waals surface area contributed by atoms with Crippen LogP contribution in [0.3, 0.4) is 0 Å². The third-order valence-corrected chi connectivity index (χ3v) is 9.60. The molecule has 0 unspecified atom stereocenters. The number of rotatable bonds is 5. The van der Waals surface area contributed by atoms with Gasteiger partial charge in [-0.25, -0.2) is 4.98 Å². The number of thiophene rings is 1. The molecule has 3 aromatic heterocycles. The number of likely N-dealkylation sites (tertiary alicyclic amines) is 1. The number of ether oxygens (including phenoxy) is 1. The number of Topliss-reactive ketones (excluding diaryl/α,β-unsaturated/α-hetero) is 1. The van der Waals surface area contributed by atoms with Gasteiger partial charge in [-0.1, -0.05) is 0 Å². The van der Waals surface area contributed by atoms with Gasteiger partial charge in [-0.3, -0.25) is 9.48 Å². The van der Waals surface area contributed by atoms with E-state index in [1.807, 2.05) is 24.7 Å². The van der Waals surface area contributed by atoms with Gasteiger partial charge in [-0.05, 0) is 76.6 Å². The molecule has 0 aromatic carbocycles. The first-order valence-electron chi connectivity index (χ1n) is 13.7. The largest absolute Gasteiger partial charge is 0.476 e. The lowest BCUT2D eigenvalue weighted by molar-refractivity contribution is -0.122. The summed E-state index contributed by atoms with van der Waals surface area (Å²) in [6, 6.07) is 6.34.